The second-order valence-electron chi connectivity index (χ2n) is 6.69. The van der Waals surface area contributed by atoms with Gasteiger partial charge in [0.15, 0.2) is 5.13 Å². The molecule has 2 heterocycles. The quantitative estimate of drug-likeness (QED) is 0.443. The maximum Gasteiger partial charge on any atom is 0.223 e. The normalized spacial score (nSPS) is 11.1. The highest BCUT2D eigenvalue weighted by Crippen LogP contribution is 2.33. The molecule has 2 N–H and O–H groups in total. The van der Waals surface area contributed by atoms with Crippen LogP contribution in [0.15, 0.2) is 30.5 Å². The second kappa shape index (κ2) is 9.96. The van der Waals surface area contributed by atoms with Crippen molar-refractivity contribution in [3.05, 3.63) is 41.3 Å². The Kier molecular flexibility index (Phi) is 7.35. The minimum Gasteiger partial charge on any atom is -0.385 e. The fourth-order valence-electron chi connectivity index (χ4n) is 2.61. The number of ether oxygens (including phenoxy) is 1. The predicted octanol–water partition coefficient (Wildman–Crippen LogP) is 5.33. The SMILES string of the molecule is COCCCNc1nc(-c2cnc(NC(C)C)s2)cc(-c2ccc(F)cc2Cl)n1. The van der Waals surface area contributed by atoms with Crippen molar-refractivity contribution < 1.29 is 9.13 Å². The molecular formula is C20H23ClFN5OS. The molecule has 0 aliphatic carbocycles. The summed E-state index contributed by atoms with van der Waals surface area (Å²) in [7, 11) is 1.67. The molecule has 0 bridgehead atoms. The molecule has 0 saturated heterocycles. The van der Waals surface area contributed by atoms with Crippen molar-refractivity contribution >= 4 is 34.0 Å². The zero-order chi connectivity index (χ0) is 20.8. The van der Waals surface area contributed by atoms with Gasteiger partial charge in [0.1, 0.15) is 5.82 Å². The Balaban J connectivity index is 1.97. The van der Waals surface area contributed by atoms with Gasteiger partial charge in [0.2, 0.25) is 5.95 Å². The van der Waals surface area contributed by atoms with Gasteiger partial charge in [-0.2, -0.15) is 0 Å². The van der Waals surface area contributed by atoms with Gasteiger partial charge < -0.3 is 15.4 Å². The summed E-state index contributed by atoms with van der Waals surface area (Å²) in [4.78, 5) is 14.5. The van der Waals surface area contributed by atoms with Gasteiger partial charge in [-0.05, 0) is 44.5 Å². The van der Waals surface area contributed by atoms with Crippen molar-refractivity contribution in [3.63, 3.8) is 0 Å². The number of nitrogens with zero attached hydrogens (tertiary/aromatic N) is 3. The van der Waals surface area contributed by atoms with Crippen molar-refractivity contribution in [2.75, 3.05) is 30.9 Å². The van der Waals surface area contributed by atoms with Crippen LogP contribution in [-0.2, 0) is 4.74 Å². The Morgan fingerprint density at radius 1 is 1.21 bits per heavy atom. The van der Waals surface area contributed by atoms with E-state index >= 15 is 0 Å². The van der Waals surface area contributed by atoms with Crippen LogP contribution in [0.2, 0.25) is 5.02 Å². The Morgan fingerprint density at radius 2 is 2.00 bits per heavy atom. The molecule has 0 spiro atoms. The first-order valence-electron chi connectivity index (χ1n) is 9.26. The van der Waals surface area contributed by atoms with Gasteiger partial charge in [-0.15, -0.1) is 0 Å². The minimum absolute atomic E-state index is 0.283. The fraction of sp³-hybridized carbons (Fsp3) is 0.350. The van der Waals surface area contributed by atoms with E-state index in [1.165, 1.54) is 23.5 Å². The lowest BCUT2D eigenvalue weighted by atomic mass is 10.1. The topological polar surface area (TPSA) is 72.0 Å². The zero-order valence-corrected chi connectivity index (χ0v) is 18.1. The van der Waals surface area contributed by atoms with Gasteiger partial charge in [0.25, 0.3) is 0 Å². The highest BCUT2D eigenvalue weighted by Gasteiger charge is 2.14. The molecule has 0 aliphatic heterocycles. The number of halogens is 2. The predicted molar refractivity (Wildman–Crippen MR) is 117 cm³/mol. The third-order valence-corrected chi connectivity index (χ3v) is 5.18. The van der Waals surface area contributed by atoms with Crippen LogP contribution in [0.25, 0.3) is 21.8 Å². The van der Waals surface area contributed by atoms with Gasteiger partial charge >= 0.3 is 0 Å². The molecule has 154 valence electrons. The summed E-state index contributed by atoms with van der Waals surface area (Å²) in [5, 5.41) is 7.63. The Hall–Kier alpha value is -2.29. The first kappa shape index (κ1) is 21.4. The molecule has 3 rings (SSSR count). The van der Waals surface area contributed by atoms with Crippen LogP contribution in [0, 0.1) is 5.82 Å². The van der Waals surface area contributed by atoms with Crippen LogP contribution < -0.4 is 10.6 Å². The second-order valence-corrected chi connectivity index (χ2v) is 8.13. The Morgan fingerprint density at radius 3 is 2.72 bits per heavy atom. The van der Waals surface area contributed by atoms with E-state index in [4.69, 9.17) is 16.3 Å². The first-order chi connectivity index (χ1) is 14.0. The number of anilines is 2. The molecule has 0 atom stereocenters. The lowest BCUT2D eigenvalue weighted by Gasteiger charge is -2.10. The number of benzene rings is 1. The third-order valence-electron chi connectivity index (χ3n) is 3.91. The van der Waals surface area contributed by atoms with Gasteiger partial charge in [-0.25, -0.2) is 19.3 Å². The standard InChI is InChI=1S/C20H23ClFN5OS/c1-12(2)25-20-24-11-18(29-20)17-10-16(14-6-5-13(22)9-15(14)21)26-19(27-17)23-7-4-8-28-3/h5-6,9-12H,4,7-8H2,1-3H3,(H,24,25)(H,23,26,27). The van der Waals surface area contributed by atoms with Gasteiger partial charge in [0.05, 0.1) is 21.3 Å². The van der Waals surface area contributed by atoms with Crippen LogP contribution in [0.3, 0.4) is 0 Å². The van der Waals surface area contributed by atoms with Crippen molar-refractivity contribution in [1.29, 1.82) is 0 Å². The number of rotatable bonds is 9. The average Bonchev–Trinajstić information content (AvgIpc) is 3.13. The number of hydrogen-bond acceptors (Lipinski definition) is 7. The maximum absolute atomic E-state index is 13.5. The lowest BCUT2D eigenvalue weighted by molar-refractivity contribution is 0.197. The number of thiazole rings is 1. The summed E-state index contributed by atoms with van der Waals surface area (Å²) in [5.74, 6) is 0.0820. The van der Waals surface area contributed by atoms with Crippen molar-refractivity contribution in [3.8, 4) is 21.8 Å². The molecular weight excluding hydrogens is 413 g/mol. The highest BCUT2D eigenvalue weighted by atomic mass is 35.5. The van der Waals surface area contributed by atoms with Gasteiger partial charge in [-0.1, -0.05) is 22.9 Å². The molecule has 3 aromatic rings. The van der Waals surface area contributed by atoms with E-state index in [0.717, 1.165) is 22.1 Å². The average molecular weight is 436 g/mol. The summed E-state index contributed by atoms with van der Waals surface area (Å²) in [5.41, 5.74) is 1.97. The van der Waals surface area contributed by atoms with E-state index in [1.807, 2.05) is 6.07 Å². The van der Waals surface area contributed by atoms with Crippen molar-refractivity contribution in [2.45, 2.75) is 26.3 Å². The number of aromatic nitrogens is 3. The number of methoxy groups -OCH3 is 1. The van der Waals surface area contributed by atoms with Gasteiger partial charge in [-0.3, -0.25) is 0 Å². The molecule has 9 heteroatoms. The van der Waals surface area contributed by atoms with Crippen molar-refractivity contribution in [1.82, 2.24) is 15.0 Å². The molecule has 0 radical (unpaired) electrons. The van der Waals surface area contributed by atoms with E-state index in [1.54, 1.807) is 19.4 Å². The zero-order valence-electron chi connectivity index (χ0n) is 16.5. The lowest BCUT2D eigenvalue weighted by Crippen LogP contribution is -2.08. The van der Waals surface area contributed by atoms with Crippen LogP contribution in [0.4, 0.5) is 15.5 Å². The molecule has 2 aromatic heterocycles. The summed E-state index contributed by atoms with van der Waals surface area (Å²) in [6, 6.07) is 6.39. The molecule has 0 amide bonds. The smallest absolute Gasteiger partial charge is 0.223 e. The number of hydrogen-bond donors (Lipinski definition) is 2. The van der Waals surface area contributed by atoms with E-state index < -0.39 is 5.82 Å². The number of nitrogens with one attached hydrogen (secondary N) is 2. The Bertz CT molecular complexity index is 966. The molecule has 29 heavy (non-hydrogen) atoms. The monoisotopic (exact) mass is 435 g/mol. The Labute approximate surface area is 178 Å². The minimum atomic E-state index is -0.391. The summed E-state index contributed by atoms with van der Waals surface area (Å²) < 4.78 is 18.6. The molecule has 1 aromatic carbocycles. The third kappa shape index (κ3) is 5.85. The van der Waals surface area contributed by atoms with Crippen LogP contribution in [0.1, 0.15) is 20.3 Å². The molecule has 0 fully saturated rings. The summed E-state index contributed by atoms with van der Waals surface area (Å²) in [6.07, 6.45) is 2.60. The largest absolute Gasteiger partial charge is 0.385 e. The highest BCUT2D eigenvalue weighted by molar-refractivity contribution is 7.18. The summed E-state index contributed by atoms with van der Waals surface area (Å²) >= 11 is 7.78. The van der Waals surface area contributed by atoms with Crippen molar-refractivity contribution in [2.24, 2.45) is 0 Å². The van der Waals surface area contributed by atoms with E-state index in [9.17, 15) is 4.39 Å². The van der Waals surface area contributed by atoms with Crippen LogP contribution in [0.5, 0.6) is 0 Å². The van der Waals surface area contributed by atoms with E-state index in [0.29, 0.717) is 35.4 Å². The van der Waals surface area contributed by atoms with Crippen LogP contribution >= 0.6 is 22.9 Å². The van der Waals surface area contributed by atoms with Gasteiger partial charge in [0, 0.05) is 38.1 Å². The summed E-state index contributed by atoms with van der Waals surface area (Å²) in [6.45, 7) is 5.42. The van der Waals surface area contributed by atoms with E-state index in [2.05, 4.69) is 39.4 Å². The molecule has 6 nitrogen and oxygen atoms in total. The van der Waals surface area contributed by atoms with E-state index in [-0.39, 0.29) is 6.04 Å². The van der Waals surface area contributed by atoms with Crippen LogP contribution in [-0.4, -0.2) is 41.3 Å². The maximum atomic E-state index is 13.5. The molecule has 0 aliphatic rings. The fourth-order valence-corrected chi connectivity index (χ4v) is 3.80. The molecule has 0 saturated carbocycles. The molecule has 0 unspecified atom stereocenters. The first-order valence-corrected chi connectivity index (χ1v) is 10.5.